The molecule has 0 unspecified atom stereocenters. The molecule has 1 aromatic carbocycles. The van der Waals surface area contributed by atoms with E-state index in [1.54, 1.807) is 0 Å². The van der Waals surface area contributed by atoms with Crippen molar-refractivity contribution in [2.75, 3.05) is 13.2 Å². The highest BCUT2D eigenvalue weighted by Crippen LogP contribution is 2.26. The fourth-order valence-corrected chi connectivity index (χ4v) is 1.57. The molecule has 96 valence electrons. The van der Waals surface area contributed by atoms with Crippen LogP contribution in [0.2, 0.25) is 0 Å². The number of benzene rings is 1. The van der Waals surface area contributed by atoms with Gasteiger partial charge in [0.2, 0.25) is 0 Å². The molecule has 3 nitrogen and oxygen atoms in total. The summed E-state index contributed by atoms with van der Waals surface area (Å²) in [6, 6.07) is 5.98. The smallest absolute Gasteiger partial charge is 0.126 e. The lowest BCUT2D eigenvalue weighted by atomic mass is 10.1. The van der Waals surface area contributed by atoms with E-state index in [1.165, 1.54) is 0 Å². The van der Waals surface area contributed by atoms with Crippen LogP contribution in [0, 0.1) is 0 Å². The molecule has 0 amide bonds. The highest BCUT2D eigenvalue weighted by molar-refractivity contribution is 5.41. The van der Waals surface area contributed by atoms with Gasteiger partial charge in [0.05, 0.1) is 12.7 Å². The van der Waals surface area contributed by atoms with Crippen molar-refractivity contribution < 1.29 is 9.47 Å². The summed E-state index contributed by atoms with van der Waals surface area (Å²) in [6.07, 6.45) is 1.99. The van der Waals surface area contributed by atoms with Gasteiger partial charge < -0.3 is 15.2 Å². The van der Waals surface area contributed by atoms with E-state index in [4.69, 9.17) is 15.2 Å². The maximum absolute atomic E-state index is 5.78. The summed E-state index contributed by atoms with van der Waals surface area (Å²) in [5, 5.41) is 0. The molecule has 0 saturated carbocycles. The number of hydrogen-bond donors (Lipinski definition) is 1. The van der Waals surface area contributed by atoms with Crippen LogP contribution in [0.5, 0.6) is 11.5 Å². The van der Waals surface area contributed by atoms with Gasteiger partial charge >= 0.3 is 0 Å². The first-order valence-corrected chi connectivity index (χ1v) is 6.29. The van der Waals surface area contributed by atoms with E-state index in [0.29, 0.717) is 6.54 Å². The molecular weight excluding hydrogens is 214 g/mol. The predicted molar refractivity (Wildman–Crippen MR) is 70.8 cm³/mol. The van der Waals surface area contributed by atoms with E-state index in [-0.39, 0.29) is 6.10 Å². The predicted octanol–water partition coefficient (Wildman–Crippen LogP) is 2.76. The molecule has 0 saturated heterocycles. The lowest BCUT2D eigenvalue weighted by Gasteiger charge is -2.15. The van der Waals surface area contributed by atoms with Gasteiger partial charge in [-0.2, -0.15) is 0 Å². The summed E-state index contributed by atoms with van der Waals surface area (Å²) in [7, 11) is 0. The third-order valence-corrected chi connectivity index (χ3v) is 2.29. The molecule has 0 aromatic heterocycles. The Morgan fingerprint density at radius 3 is 2.65 bits per heavy atom. The van der Waals surface area contributed by atoms with E-state index in [1.807, 2.05) is 32.0 Å². The van der Waals surface area contributed by atoms with Crippen molar-refractivity contribution in [3.8, 4) is 11.5 Å². The van der Waals surface area contributed by atoms with E-state index in [2.05, 4.69) is 6.92 Å². The Hall–Kier alpha value is -1.22. The first-order valence-electron chi connectivity index (χ1n) is 6.29. The fourth-order valence-electron chi connectivity index (χ4n) is 1.57. The van der Waals surface area contributed by atoms with Gasteiger partial charge in [0.15, 0.2) is 0 Å². The number of nitrogens with two attached hydrogens (primary N) is 1. The van der Waals surface area contributed by atoms with Crippen LogP contribution in [0.3, 0.4) is 0 Å². The molecule has 17 heavy (non-hydrogen) atoms. The van der Waals surface area contributed by atoms with Crippen molar-refractivity contribution in [3.63, 3.8) is 0 Å². The molecule has 0 aliphatic carbocycles. The molecule has 0 spiro atoms. The minimum absolute atomic E-state index is 0.160. The first-order chi connectivity index (χ1) is 8.17. The quantitative estimate of drug-likeness (QED) is 0.793. The Morgan fingerprint density at radius 1 is 1.29 bits per heavy atom. The zero-order chi connectivity index (χ0) is 12.7. The van der Waals surface area contributed by atoms with Crippen LogP contribution in [0.15, 0.2) is 18.2 Å². The summed E-state index contributed by atoms with van der Waals surface area (Å²) in [5.74, 6) is 1.75. The van der Waals surface area contributed by atoms with Crippen molar-refractivity contribution in [1.29, 1.82) is 0 Å². The lowest BCUT2D eigenvalue weighted by Crippen LogP contribution is -2.10. The molecule has 0 atom stereocenters. The van der Waals surface area contributed by atoms with Crippen molar-refractivity contribution in [1.82, 2.24) is 0 Å². The van der Waals surface area contributed by atoms with Crippen LogP contribution in [-0.2, 0) is 6.42 Å². The molecule has 0 heterocycles. The van der Waals surface area contributed by atoms with E-state index >= 15 is 0 Å². The summed E-state index contributed by atoms with van der Waals surface area (Å²) in [5.41, 5.74) is 6.74. The number of rotatable bonds is 7. The Balaban J connectivity index is 2.84. The second-order valence-electron chi connectivity index (χ2n) is 4.32. The zero-order valence-electron chi connectivity index (χ0n) is 11.0. The highest BCUT2D eigenvalue weighted by atomic mass is 16.5. The third kappa shape index (κ3) is 4.65. The molecule has 3 heteroatoms. The summed E-state index contributed by atoms with van der Waals surface area (Å²) in [4.78, 5) is 0. The molecule has 1 aromatic rings. The van der Waals surface area contributed by atoms with Crippen LogP contribution in [0.1, 0.15) is 32.8 Å². The molecule has 1 rings (SSSR count). The maximum Gasteiger partial charge on any atom is 0.126 e. The molecule has 0 bridgehead atoms. The van der Waals surface area contributed by atoms with Crippen molar-refractivity contribution in [3.05, 3.63) is 23.8 Å². The average molecular weight is 237 g/mol. The minimum atomic E-state index is 0.160. The first kappa shape index (κ1) is 13.8. The van der Waals surface area contributed by atoms with Gasteiger partial charge in [0, 0.05) is 6.07 Å². The molecule has 2 N–H and O–H groups in total. The Morgan fingerprint density at radius 2 is 2.06 bits per heavy atom. The van der Waals surface area contributed by atoms with Crippen molar-refractivity contribution >= 4 is 0 Å². The third-order valence-electron chi connectivity index (χ3n) is 2.29. The largest absolute Gasteiger partial charge is 0.493 e. The van der Waals surface area contributed by atoms with Gasteiger partial charge in [-0.3, -0.25) is 0 Å². The molecule has 0 aliphatic rings. The van der Waals surface area contributed by atoms with Crippen LogP contribution in [0.25, 0.3) is 0 Å². The maximum atomic E-state index is 5.78. The molecule has 0 aliphatic heterocycles. The second kappa shape index (κ2) is 7.17. The standard InChI is InChI=1S/C14H23NO2/c1-4-9-16-13-6-5-12(7-8-15)14(10-13)17-11(2)3/h5-6,10-11H,4,7-9,15H2,1-3H3. The number of hydrogen-bond acceptors (Lipinski definition) is 3. The number of ether oxygens (including phenoxy) is 2. The minimum Gasteiger partial charge on any atom is -0.493 e. The Kier molecular flexibility index (Phi) is 5.84. The molecule has 0 fully saturated rings. The lowest BCUT2D eigenvalue weighted by molar-refractivity contribution is 0.237. The Bertz CT molecular complexity index is 337. The summed E-state index contributed by atoms with van der Waals surface area (Å²) >= 11 is 0. The monoisotopic (exact) mass is 237 g/mol. The van der Waals surface area contributed by atoms with Gasteiger partial charge in [0.25, 0.3) is 0 Å². The summed E-state index contributed by atoms with van der Waals surface area (Å²) in [6.45, 7) is 7.49. The van der Waals surface area contributed by atoms with E-state index in [9.17, 15) is 0 Å². The van der Waals surface area contributed by atoms with Crippen LogP contribution >= 0.6 is 0 Å². The normalized spacial score (nSPS) is 10.6. The molecule has 0 radical (unpaired) electrons. The fraction of sp³-hybridized carbons (Fsp3) is 0.571. The topological polar surface area (TPSA) is 44.5 Å². The molecular formula is C14H23NO2. The van der Waals surface area contributed by atoms with Crippen LogP contribution in [-0.4, -0.2) is 19.3 Å². The highest BCUT2D eigenvalue weighted by Gasteiger charge is 2.07. The van der Waals surface area contributed by atoms with E-state index < -0.39 is 0 Å². The van der Waals surface area contributed by atoms with Crippen LogP contribution in [0.4, 0.5) is 0 Å². The van der Waals surface area contributed by atoms with Crippen molar-refractivity contribution in [2.24, 2.45) is 5.73 Å². The average Bonchev–Trinajstić information content (AvgIpc) is 2.29. The second-order valence-corrected chi connectivity index (χ2v) is 4.32. The zero-order valence-corrected chi connectivity index (χ0v) is 11.0. The summed E-state index contributed by atoms with van der Waals surface area (Å²) < 4.78 is 11.4. The van der Waals surface area contributed by atoms with E-state index in [0.717, 1.165) is 36.5 Å². The van der Waals surface area contributed by atoms with Crippen molar-refractivity contribution in [2.45, 2.75) is 39.7 Å². The van der Waals surface area contributed by atoms with Gasteiger partial charge in [-0.05, 0) is 44.9 Å². The van der Waals surface area contributed by atoms with Crippen LogP contribution < -0.4 is 15.2 Å². The SMILES string of the molecule is CCCOc1ccc(CCN)c(OC(C)C)c1. The Labute approximate surface area is 104 Å². The van der Waals surface area contributed by atoms with Gasteiger partial charge in [-0.1, -0.05) is 13.0 Å². The van der Waals surface area contributed by atoms with Gasteiger partial charge in [-0.15, -0.1) is 0 Å². The van der Waals surface area contributed by atoms with Gasteiger partial charge in [0.1, 0.15) is 11.5 Å². The van der Waals surface area contributed by atoms with Gasteiger partial charge in [-0.25, -0.2) is 0 Å².